The van der Waals surface area contributed by atoms with Crippen molar-refractivity contribution in [2.24, 2.45) is 0 Å². The third-order valence-corrected chi connectivity index (χ3v) is 3.62. The molecule has 2 aromatic carbocycles. The van der Waals surface area contributed by atoms with Crippen LogP contribution in [0, 0.1) is 11.6 Å². The van der Waals surface area contributed by atoms with E-state index in [1.165, 1.54) is 18.2 Å². The maximum Gasteiger partial charge on any atom is 0.127 e. The molecule has 0 aliphatic heterocycles. The van der Waals surface area contributed by atoms with Crippen molar-refractivity contribution in [3.05, 3.63) is 71.3 Å². The molecule has 1 nitrogen and oxygen atoms in total. The smallest absolute Gasteiger partial charge is 0.127 e. The van der Waals surface area contributed by atoms with Crippen LogP contribution >= 0.6 is 0 Å². The lowest BCUT2D eigenvalue weighted by molar-refractivity contribution is 0.471. The lowest BCUT2D eigenvalue weighted by Gasteiger charge is -2.19. The van der Waals surface area contributed by atoms with Crippen LogP contribution in [0.1, 0.15) is 43.4 Å². The summed E-state index contributed by atoms with van der Waals surface area (Å²) in [7, 11) is 0. The number of nitrogens with one attached hydrogen (secondary N) is 1. The highest BCUT2D eigenvalue weighted by molar-refractivity contribution is 5.21. The molecule has 1 unspecified atom stereocenters. The Hall–Kier alpha value is -1.74. The molecule has 3 heteroatoms. The van der Waals surface area contributed by atoms with E-state index in [4.69, 9.17) is 0 Å². The van der Waals surface area contributed by atoms with Crippen LogP contribution < -0.4 is 5.32 Å². The summed E-state index contributed by atoms with van der Waals surface area (Å²) < 4.78 is 26.7. The average molecular weight is 289 g/mol. The van der Waals surface area contributed by atoms with Gasteiger partial charge in [0.2, 0.25) is 0 Å². The van der Waals surface area contributed by atoms with Gasteiger partial charge in [-0.2, -0.15) is 0 Å². The van der Waals surface area contributed by atoms with Gasteiger partial charge in [0, 0.05) is 18.2 Å². The number of rotatable bonds is 7. The molecule has 2 aromatic rings. The topological polar surface area (TPSA) is 12.0 Å². The van der Waals surface area contributed by atoms with Crippen LogP contribution in [-0.2, 0) is 6.54 Å². The van der Waals surface area contributed by atoms with Crippen molar-refractivity contribution < 1.29 is 8.78 Å². The van der Waals surface area contributed by atoms with E-state index in [1.807, 2.05) is 6.07 Å². The maximum absolute atomic E-state index is 13.7. The second-order valence-corrected chi connectivity index (χ2v) is 5.22. The minimum atomic E-state index is -0.234. The Morgan fingerprint density at radius 1 is 1.00 bits per heavy atom. The summed E-state index contributed by atoms with van der Waals surface area (Å²) >= 11 is 0. The summed E-state index contributed by atoms with van der Waals surface area (Å²) in [6.07, 6.45) is 3.13. The van der Waals surface area contributed by atoms with Gasteiger partial charge >= 0.3 is 0 Å². The van der Waals surface area contributed by atoms with Crippen LogP contribution in [0.4, 0.5) is 8.78 Å². The number of halogens is 2. The van der Waals surface area contributed by atoms with E-state index in [-0.39, 0.29) is 17.7 Å². The lowest BCUT2D eigenvalue weighted by atomic mass is 10.0. The zero-order chi connectivity index (χ0) is 15.1. The Labute approximate surface area is 125 Å². The van der Waals surface area contributed by atoms with E-state index in [9.17, 15) is 8.78 Å². The van der Waals surface area contributed by atoms with Gasteiger partial charge in [0.25, 0.3) is 0 Å². The first-order chi connectivity index (χ1) is 10.2. The Morgan fingerprint density at radius 2 is 1.71 bits per heavy atom. The molecule has 1 N–H and O–H groups in total. The molecule has 0 aliphatic rings. The maximum atomic E-state index is 13.7. The second kappa shape index (κ2) is 7.89. The molecule has 0 aliphatic carbocycles. The molecule has 0 bridgehead atoms. The monoisotopic (exact) mass is 289 g/mol. The third kappa shape index (κ3) is 4.64. The molecule has 0 fully saturated rings. The quantitative estimate of drug-likeness (QED) is 0.757. The Bertz CT molecular complexity index is 551. The van der Waals surface area contributed by atoms with E-state index in [0.717, 1.165) is 24.8 Å². The van der Waals surface area contributed by atoms with E-state index < -0.39 is 0 Å². The van der Waals surface area contributed by atoms with Crippen LogP contribution in [0.5, 0.6) is 0 Å². The highest BCUT2D eigenvalue weighted by atomic mass is 19.1. The summed E-state index contributed by atoms with van der Waals surface area (Å²) in [6, 6.07) is 13.4. The van der Waals surface area contributed by atoms with Gasteiger partial charge in [-0.05, 0) is 30.2 Å². The van der Waals surface area contributed by atoms with E-state index in [2.05, 4.69) is 12.2 Å². The fourth-order valence-electron chi connectivity index (χ4n) is 2.36. The normalized spacial score (nSPS) is 12.3. The summed E-state index contributed by atoms with van der Waals surface area (Å²) in [5, 5.41) is 3.38. The van der Waals surface area contributed by atoms with Crippen LogP contribution in [0.2, 0.25) is 0 Å². The zero-order valence-electron chi connectivity index (χ0n) is 12.3. The largest absolute Gasteiger partial charge is 0.306 e. The minimum absolute atomic E-state index is 0.116. The SMILES string of the molecule is CCCCC(NCc1ccccc1F)c1ccc(F)cc1. The molecular formula is C18H21F2N. The van der Waals surface area contributed by atoms with Crippen molar-refractivity contribution in [3.63, 3.8) is 0 Å². The molecule has 0 saturated carbocycles. The minimum Gasteiger partial charge on any atom is -0.306 e. The van der Waals surface area contributed by atoms with Gasteiger partial charge in [0.05, 0.1) is 0 Å². The molecule has 0 radical (unpaired) electrons. The van der Waals surface area contributed by atoms with Gasteiger partial charge in [-0.25, -0.2) is 8.78 Å². The van der Waals surface area contributed by atoms with Crippen molar-refractivity contribution in [2.75, 3.05) is 0 Å². The molecule has 21 heavy (non-hydrogen) atoms. The summed E-state index contributed by atoms with van der Waals surface area (Å²) in [6.45, 7) is 2.61. The summed E-state index contributed by atoms with van der Waals surface area (Å²) in [5.41, 5.74) is 1.70. The van der Waals surface area contributed by atoms with E-state index in [0.29, 0.717) is 12.1 Å². The summed E-state index contributed by atoms with van der Waals surface area (Å²) in [4.78, 5) is 0. The number of hydrogen-bond donors (Lipinski definition) is 1. The van der Waals surface area contributed by atoms with Crippen LogP contribution in [-0.4, -0.2) is 0 Å². The van der Waals surface area contributed by atoms with Crippen molar-refractivity contribution in [1.82, 2.24) is 5.32 Å². The average Bonchev–Trinajstić information content (AvgIpc) is 2.50. The van der Waals surface area contributed by atoms with Crippen molar-refractivity contribution >= 4 is 0 Å². The first-order valence-electron chi connectivity index (χ1n) is 7.43. The highest BCUT2D eigenvalue weighted by Gasteiger charge is 2.11. The van der Waals surface area contributed by atoms with Crippen molar-refractivity contribution in [2.45, 2.75) is 38.8 Å². The van der Waals surface area contributed by atoms with E-state index >= 15 is 0 Å². The Morgan fingerprint density at radius 3 is 2.38 bits per heavy atom. The first-order valence-corrected chi connectivity index (χ1v) is 7.43. The van der Waals surface area contributed by atoms with Gasteiger partial charge in [-0.3, -0.25) is 0 Å². The second-order valence-electron chi connectivity index (χ2n) is 5.22. The lowest BCUT2D eigenvalue weighted by Crippen LogP contribution is -2.21. The molecule has 0 spiro atoms. The van der Waals surface area contributed by atoms with Gasteiger partial charge in [-0.15, -0.1) is 0 Å². The van der Waals surface area contributed by atoms with Crippen LogP contribution in [0.3, 0.4) is 0 Å². The van der Waals surface area contributed by atoms with Crippen LogP contribution in [0.15, 0.2) is 48.5 Å². The fraction of sp³-hybridized carbons (Fsp3) is 0.333. The highest BCUT2D eigenvalue weighted by Crippen LogP contribution is 2.21. The number of hydrogen-bond acceptors (Lipinski definition) is 1. The molecule has 0 heterocycles. The van der Waals surface area contributed by atoms with Crippen LogP contribution in [0.25, 0.3) is 0 Å². The Kier molecular flexibility index (Phi) is 5.88. The van der Waals surface area contributed by atoms with Gasteiger partial charge in [0.1, 0.15) is 11.6 Å². The predicted octanol–water partition coefficient (Wildman–Crippen LogP) is 4.99. The molecule has 2 rings (SSSR count). The van der Waals surface area contributed by atoms with E-state index in [1.54, 1.807) is 24.3 Å². The predicted molar refractivity (Wildman–Crippen MR) is 81.9 cm³/mol. The molecule has 112 valence electrons. The molecule has 0 amide bonds. The third-order valence-electron chi connectivity index (χ3n) is 3.62. The van der Waals surface area contributed by atoms with Gasteiger partial charge in [0.15, 0.2) is 0 Å². The van der Waals surface area contributed by atoms with Gasteiger partial charge < -0.3 is 5.32 Å². The number of unbranched alkanes of at least 4 members (excludes halogenated alkanes) is 1. The summed E-state index contributed by atoms with van der Waals surface area (Å²) in [5.74, 6) is -0.430. The fourth-order valence-corrected chi connectivity index (χ4v) is 2.36. The Balaban J connectivity index is 2.06. The molecule has 1 atom stereocenters. The van der Waals surface area contributed by atoms with Gasteiger partial charge in [-0.1, -0.05) is 50.1 Å². The van der Waals surface area contributed by atoms with Crippen molar-refractivity contribution in [3.8, 4) is 0 Å². The number of benzene rings is 2. The van der Waals surface area contributed by atoms with Crippen molar-refractivity contribution in [1.29, 1.82) is 0 Å². The first kappa shape index (κ1) is 15.6. The molecule has 0 aromatic heterocycles. The zero-order valence-corrected chi connectivity index (χ0v) is 12.3. The standard InChI is InChI=1S/C18H21F2N/c1-2-3-8-18(14-9-11-16(19)12-10-14)21-13-15-6-4-5-7-17(15)20/h4-7,9-12,18,21H,2-3,8,13H2,1H3. The molecule has 0 saturated heterocycles. The molecular weight excluding hydrogens is 268 g/mol.